The zero-order chi connectivity index (χ0) is 20.1. The van der Waals surface area contributed by atoms with Crippen LogP contribution in [0, 0.1) is 6.92 Å². The number of rotatable bonds is 3. The van der Waals surface area contributed by atoms with Gasteiger partial charge in [0.25, 0.3) is 5.91 Å². The number of oxime groups is 1. The van der Waals surface area contributed by atoms with Crippen molar-refractivity contribution < 1.29 is 22.8 Å². The van der Waals surface area contributed by atoms with Crippen molar-refractivity contribution in [1.82, 2.24) is 19.6 Å². The predicted molar refractivity (Wildman–Crippen MR) is 93.0 cm³/mol. The van der Waals surface area contributed by atoms with Gasteiger partial charge in [-0.3, -0.25) is 14.4 Å². The van der Waals surface area contributed by atoms with E-state index in [1.54, 1.807) is 4.68 Å². The molecular weight excluding hydrogens is 377 g/mol. The Morgan fingerprint density at radius 3 is 2.86 bits per heavy atom. The molecule has 2 aromatic heterocycles. The second-order valence-electron chi connectivity index (χ2n) is 6.79. The van der Waals surface area contributed by atoms with E-state index in [1.807, 2.05) is 20.0 Å². The summed E-state index contributed by atoms with van der Waals surface area (Å²) in [6.45, 7) is 4.45. The molecule has 0 aromatic carbocycles. The van der Waals surface area contributed by atoms with E-state index in [2.05, 4.69) is 15.4 Å². The minimum atomic E-state index is -4.42. The zero-order valence-electron chi connectivity index (χ0n) is 15.3. The first-order valence-corrected chi connectivity index (χ1v) is 8.98. The minimum Gasteiger partial charge on any atom is -0.382 e. The maximum Gasteiger partial charge on any atom is 0.410 e. The number of alkyl halides is 3. The molecule has 1 amide bonds. The molecule has 0 bridgehead atoms. The van der Waals surface area contributed by atoms with Gasteiger partial charge in [-0.2, -0.15) is 23.4 Å². The van der Waals surface area contributed by atoms with Crippen molar-refractivity contribution in [2.75, 3.05) is 11.4 Å². The molecule has 0 aliphatic carbocycles. The van der Waals surface area contributed by atoms with Crippen molar-refractivity contribution in [3.8, 4) is 0 Å². The van der Waals surface area contributed by atoms with Crippen LogP contribution in [0.2, 0.25) is 0 Å². The highest BCUT2D eigenvalue weighted by atomic mass is 19.4. The number of carbonyl (C=O) groups excluding carboxylic acids is 1. The van der Waals surface area contributed by atoms with Gasteiger partial charge >= 0.3 is 6.18 Å². The SMILES string of the molecule is CCn1cc(C2=NOC(C(=O)N3CCC(C(F)(F)F)n4nccc43)C2)c(C)n1. The van der Waals surface area contributed by atoms with Crippen molar-refractivity contribution in [2.24, 2.45) is 5.16 Å². The Bertz CT molecular complexity index is 932. The van der Waals surface area contributed by atoms with E-state index in [0.29, 0.717) is 12.3 Å². The van der Waals surface area contributed by atoms with Crippen molar-refractivity contribution in [1.29, 1.82) is 0 Å². The lowest BCUT2D eigenvalue weighted by atomic mass is 10.0. The number of aryl methyl sites for hydroxylation is 2. The molecule has 0 radical (unpaired) electrons. The molecule has 11 heteroatoms. The maximum absolute atomic E-state index is 13.2. The summed E-state index contributed by atoms with van der Waals surface area (Å²) in [7, 11) is 0. The van der Waals surface area contributed by atoms with Crippen LogP contribution < -0.4 is 4.90 Å². The van der Waals surface area contributed by atoms with Gasteiger partial charge in [-0.25, -0.2) is 4.68 Å². The number of fused-ring (bicyclic) bond motifs is 1. The summed E-state index contributed by atoms with van der Waals surface area (Å²) in [6.07, 6.45) is -2.22. The predicted octanol–water partition coefficient (Wildman–Crippen LogP) is 2.44. The number of aromatic nitrogens is 4. The van der Waals surface area contributed by atoms with E-state index in [0.717, 1.165) is 15.9 Å². The van der Waals surface area contributed by atoms with Crippen LogP contribution in [0.5, 0.6) is 0 Å². The Labute approximate surface area is 158 Å². The minimum absolute atomic E-state index is 0.0588. The molecule has 4 rings (SSSR count). The molecular formula is C17H19F3N6O2. The molecule has 2 aromatic rings. The van der Waals surface area contributed by atoms with Gasteiger partial charge in [0.2, 0.25) is 6.10 Å². The van der Waals surface area contributed by atoms with E-state index in [9.17, 15) is 18.0 Å². The maximum atomic E-state index is 13.2. The first-order valence-electron chi connectivity index (χ1n) is 8.98. The highest BCUT2D eigenvalue weighted by Crippen LogP contribution is 2.39. The average Bonchev–Trinajstić information content (AvgIpc) is 3.38. The largest absolute Gasteiger partial charge is 0.410 e. The molecule has 2 unspecified atom stereocenters. The lowest BCUT2D eigenvalue weighted by Crippen LogP contribution is -2.47. The standard InChI is InChI=1S/C17H19F3N6O2/c1-3-24-9-11(10(2)22-24)12-8-13(28-23-12)16(27)25-7-5-14(17(18,19)20)26-15(25)4-6-21-26/h4,6,9,13-14H,3,5,7-8H2,1-2H3. The summed E-state index contributed by atoms with van der Waals surface area (Å²) in [4.78, 5) is 19.5. The van der Waals surface area contributed by atoms with E-state index in [-0.39, 0.29) is 25.2 Å². The second kappa shape index (κ2) is 6.64. The zero-order valence-corrected chi connectivity index (χ0v) is 15.3. The van der Waals surface area contributed by atoms with Crippen molar-refractivity contribution in [3.05, 3.63) is 29.7 Å². The quantitative estimate of drug-likeness (QED) is 0.799. The third kappa shape index (κ3) is 3.04. The van der Waals surface area contributed by atoms with Crippen LogP contribution in [0.25, 0.3) is 0 Å². The van der Waals surface area contributed by atoms with Gasteiger partial charge in [-0.15, -0.1) is 0 Å². The van der Waals surface area contributed by atoms with Gasteiger partial charge < -0.3 is 4.84 Å². The number of halogens is 3. The van der Waals surface area contributed by atoms with Crippen molar-refractivity contribution >= 4 is 17.4 Å². The van der Waals surface area contributed by atoms with Crippen LogP contribution in [-0.2, 0) is 16.2 Å². The molecule has 0 saturated heterocycles. The fourth-order valence-electron chi connectivity index (χ4n) is 3.58. The lowest BCUT2D eigenvalue weighted by Gasteiger charge is -2.34. The highest BCUT2D eigenvalue weighted by molar-refractivity contribution is 6.07. The van der Waals surface area contributed by atoms with E-state index in [1.165, 1.54) is 17.2 Å². The highest BCUT2D eigenvalue weighted by Gasteiger charge is 2.47. The normalized spacial score (nSPS) is 22.0. The Hall–Kier alpha value is -2.85. The van der Waals surface area contributed by atoms with Crippen LogP contribution >= 0.6 is 0 Å². The van der Waals surface area contributed by atoms with Crippen LogP contribution in [-0.4, -0.2) is 50.0 Å². The van der Waals surface area contributed by atoms with Crippen molar-refractivity contribution in [2.45, 2.75) is 51.6 Å². The fourth-order valence-corrected chi connectivity index (χ4v) is 3.58. The molecule has 150 valence electrons. The van der Waals surface area contributed by atoms with Crippen LogP contribution in [0.1, 0.15) is 37.1 Å². The number of nitrogens with zero attached hydrogens (tertiary/aromatic N) is 6. The smallest absolute Gasteiger partial charge is 0.382 e. The van der Waals surface area contributed by atoms with E-state index < -0.39 is 24.2 Å². The summed E-state index contributed by atoms with van der Waals surface area (Å²) in [6, 6.07) is -0.331. The van der Waals surface area contributed by atoms with Gasteiger partial charge in [0.1, 0.15) is 5.82 Å². The summed E-state index contributed by atoms with van der Waals surface area (Å²) < 4.78 is 42.3. The Balaban J connectivity index is 1.51. The molecule has 0 spiro atoms. The molecule has 2 aliphatic heterocycles. The number of hydrogen-bond acceptors (Lipinski definition) is 5. The number of anilines is 1. The average molecular weight is 396 g/mol. The fraction of sp³-hybridized carbons (Fsp3) is 0.529. The molecule has 0 saturated carbocycles. The van der Waals surface area contributed by atoms with Crippen LogP contribution in [0.3, 0.4) is 0 Å². The molecule has 28 heavy (non-hydrogen) atoms. The Morgan fingerprint density at radius 2 is 2.18 bits per heavy atom. The van der Waals surface area contributed by atoms with Gasteiger partial charge in [-0.1, -0.05) is 5.16 Å². The molecule has 2 aliphatic rings. The van der Waals surface area contributed by atoms with Gasteiger partial charge in [0.15, 0.2) is 6.04 Å². The first kappa shape index (κ1) is 18.5. The molecule has 4 heterocycles. The molecule has 8 nitrogen and oxygen atoms in total. The molecule has 0 N–H and O–H groups in total. The Morgan fingerprint density at radius 1 is 1.39 bits per heavy atom. The Kier molecular flexibility index (Phi) is 4.39. The summed E-state index contributed by atoms with van der Waals surface area (Å²) in [5.41, 5.74) is 2.19. The third-order valence-electron chi connectivity index (χ3n) is 5.02. The summed E-state index contributed by atoms with van der Waals surface area (Å²) in [5, 5.41) is 12.1. The summed E-state index contributed by atoms with van der Waals surface area (Å²) in [5.74, 6) is -0.313. The number of carbonyl (C=O) groups is 1. The second-order valence-corrected chi connectivity index (χ2v) is 6.79. The van der Waals surface area contributed by atoms with Crippen LogP contribution in [0.15, 0.2) is 23.6 Å². The third-order valence-corrected chi connectivity index (χ3v) is 5.02. The van der Waals surface area contributed by atoms with Crippen LogP contribution in [0.4, 0.5) is 19.0 Å². The topological polar surface area (TPSA) is 77.5 Å². The number of amides is 1. The molecule has 2 atom stereocenters. The van der Waals surface area contributed by atoms with E-state index >= 15 is 0 Å². The molecule has 0 fully saturated rings. The number of hydrogen-bond donors (Lipinski definition) is 0. The first-order chi connectivity index (χ1) is 13.3. The summed E-state index contributed by atoms with van der Waals surface area (Å²) >= 11 is 0. The monoisotopic (exact) mass is 396 g/mol. The van der Waals surface area contributed by atoms with Gasteiger partial charge in [0, 0.05) is 37.3 Å². The van der Waals surface area contributed by atoms with E-state index in [4.69, 9.17) is 4.84 Å². The van der Waals surface area contributed by atoms with Gasteiger partial charge in [-0.05, 0) is 20.3 Å². The lowest BCUT2D eigenvalue weighted by molar-refractivity contribution is -0.173. The van der Waals surface area contributed by atoms with Gasteiger partial charge in [0.05, 0.1) is 17.6 Å². The van der Waals surface area contributed by atoms with Crippen molar-refractivity contribution in [3.63, 3.8) is 0 Å².